The van der Waals surface area contributed by atoms with Crippen LogP contribution in [0.5, 0.6) is 0 Å². The van der Waals surface area contributed by atoms with Gasteiger partial charge in [-0.3, -0.25) is 52.9 Å². The minimum absolute atomic E-state index is 0.00000184. The molecule has 31 heteroatoms. The fourth-order valence-corrected chi connectivity index (χ4v) is 6.13. The van der Waals surface area contributed by atoms with Gasteiger partial charge < -0.3 is 85.9 Å². The van der Waals surface area contributed by atoms with Crippen molar-refractivity contribution in [2.45, 2.75) is 140 Å². The number of hydrogen-bond acceptors (Lipinski definition) is 13. The lowest BCUT2D eigenvalue weighted by atomic mass is 10.00. The third kappa shape index (κ3) is 23.0. The van der Waals surface area contributed by atoms with Crippen LogP contribution >= 0.6 is 7.60 Å². The first-order valence-electron chi connectivity index (χ1n) is 21.1. The monoisotopic (exact) mass is 1000 g/mol. The summed E-state index contributed by atoms with van der Waals surface area (Å²) in [5.74, 6) is -12.9. The quantitative estimate of drug-likeness (QED) is 0.0134. The van der Waals surface area contributed by atoms with Crippen molar-refractivity contribution >= 4 is 72.8 Å². The number of aliphatic carboxylic acids is 2. The van der Waals surface area contributed by atoms with E-state index in [1.807, 2.05) is 5.32 Å². The molecule has 0 bridgehead atoms. The first-order chi connectivity index (χ1) is 31.2. The number of amides is 7. The molecule has 0 aromatic carbocycles. The number of carbonyl (C=O) groups is 9. The van der Waals surface area contributed by atoms with Crippen LogP contribution < -0.4 is 65.9 Å². The van der Waals surface area contributed by atoms with Gasteiger partial charge in [-0.1, -0.05) is 27.7 Å². The molecule has 0 aromatic heterocycles. The third-order valence-electron chi connectivity index (χ3n) is 9.65. The minimum Gasteiger partial charge on any atom is -0.481 e. The largest absolute Gasteiger partial charge is 0.481 e. The Balaban J connectivity index is 6.42. The van der Waals surface area contributed by atoms with Gasteiger partial charge in [-0.15, -0.1) is 0 Å². The summed E-state index contributed by atoms with van der Waals surface area (Å²) in [6.07, 6.45) is -2.77. The van der Waals surface area contributed by atoms with Crippen molar-refractivity contribution in [2.24, 2.45) is 50.5 Å². The van der Waals surface area contributed by atoms with Gasteiger partial charge in [0.25, 0.3) is 0 Å². The Bertz CT molecular complexity index is 1900. The SMILES string of the molecule is CC(C)[C@H](NC(=O)[C@H](CC(F)(F)P(=O)(O)O)NC(=O)[C@@H](NC(=O)[C@H](CCCN=C(N)N)NC(=O)[C@@H](N)CCCN=C(N)N)C(C)C)C(=O)N[C@@H](C)C(=O)N[C@@H](C)C(=O)N[C@@H](CCC(=O)O)C(=O)O. The Hall–Kier alpha value is -6.26. The Kier molecular flexibility index (Phi) is 26.2. The molecule has 0 aliphatic heterocycles. The number of rotatable bonds is 31. The number of hydrogen-bond donors (Lipinski definition) is 16. The van der Waals surface area contributed by atoms with Gasteiger partial charge in [-0.05, 0) is 57.8 Å². The van der Waals surface area contributed by atoms with Crippen molar-refractivity contribution in [1.82, 2.24) is 37.2 Å². The van der Waals surface area contributed by atoms with E-state index in [1.165, 1.54) is 27.7 Å². The van der Waals surface area contributed by atoms with E-state index in [4.69, 9.17) is 33.8 Å². The van der Waals surface area contributed by atoms with Gasteiger partial charge in [0, 0.05) is 19.5 Å². The molecule has 0 aromatic rings. The summed E-state index contributed by atoms with van der Waals surface area (Å²) in [6, 6.07) is -13.0. The fraction of sp³-hybridized carbons (Fsp3) is 0.703. The second-order valence-corrected chi connectivity index (χ2v) is 18.0. The molecule has 28 nitrogen and oxygen atoms in total. The first kappa shape index (κ1) is 61.7. The van der Waals surface area contributed by atoms with Crippen LogP contribution in [0.1, 0.15) is 86.5 Å². The van der Waals surface area contributed by atoms with Crippen LogP contribution in [0, 0.1) is 11.8 Å². The van der Waals surface area contributed by atoms with Crippen LogP contribution in [0.2, 0.25) is 0 Å². The maximum absolute atomic E-state index is 15.0. The lowest BCUT2D eigenvalue weighted by Gasteiger charge is -2.30. The number of aliphatic imine (C=N–C) groups is 2. The Morgan fingerprint density at radius 3 is 1.38 bits per heavy atom. The molecule has 21 N–H and O–H groups in total. The normalized spacial score (nSPS) is 15.1. The highest BCUT2D eigenvalue weighted by molar-refractivity contribution is 7.53. The fourth-order valence-electron chi connectivity index (χ4n) is 5.71. The zero-order valence-corrected chi connectivity index (χ0v) is 39.4. The summed E-state index contributed by atoms with van der Waals surface area (Å²) in [4.78, 5) is 142. The van der Waals surface area contributed by atoms with Gasteiger partial charge in [0.15, 0.2) is 11.9 Å². The average molecular weight is 1000 g/mol. The lowest BCUT2D eigenvalue weighted by molar-refractivity contribution is -0.143. The average Bonchev–Trinajstić information content (AvgIpc) is 3.20. The Morgan fingerprint density at radius 2 is 0.956 bits per heavy atom. The van der Waals surface area contributed by atoms with Crippen LogP contribution in [-0.4, -0.2) is 152 Å². The van der Waals surface area contributed by atoms with Crippen molar-refractivity contribution in [2.75, 3.05) is 13.1 Å². The highest BCUT2D eigenvalue weighted by Crippen LogP contribution is 2.55. The maximum Gasteiger partial charge on any atom is 0.394 e. The molecule has 8 atom stereocenters. The van der Waals surface area contributed by atoms with E-state index >= 15 is 0 Å². The molecule has 0 aliphatic carbocycles. The second-order valence-electron chi connectivity index (χ2n) is 16.3. The van der Waals surface area contributed by atoms with Gasteiger partial charge in [-0.2, -0.15) is 8.78 Å². The van der Waals surface area contributed by atoms with Crippen molar-refractivity contribution in [1.29, 1.82) is 0 Å². The van der Waals surface area contributed by atoms with E-state index in [0.29, 0.717) is 0 Å². The van der Waals surface area contributed by atoms with Crippen molar-refractivity contribution < 1.29 is 76.5 Å². The summed E-state index contributed by atoms with van der Waals surface area (Å²) in [7, 11) is -6.31. The van der Waals surface area contributed by atoms with Crippen LogP contribution in [0.3, 0.4) is 0 Å². The van der Waals surface area contributed by atoms with E-state index in [0.717, 1.165) is 13.8 Å². The molecule has 0 aliphatic rings. The van der Waals surface area contributed by atoms with Crippen LogP contribution in [0.25, 0.3) is 0 Å². The molecule has 0 unspecified atom stereocenters. The zero-order valence-electron chi connectivity index (χ0n) is 38.5. The molecule has 388 valence electrons. The molecule has 0 radical (unpaired) electrons. The summed E-state index contributed by atoms with van der Waals surface area (Å²) < 4.78 is 41.8. The standard InChI is InChI=1S/C37H67F2N14O14P/c1-16(2)25(32(61)48-18(5)27(56)47-19(6)28(57)50-22(34(63)64)11-12-24(54)55)53-31(60)23(15-37(38,39)68(65,66)67)51-33(62)26(17(3)4)52-30(59)21(10-8-14-46-36(43)44)49-29(58)20(40)9-7-13-45-35(41)42/h16-23,25-26H,7-15,40H2,1-6H3,(H,47,56)(H,48,61)(H,49,58)(H,50,57)(H,51,62)(H,52,59)(H,53,60)(H,54,55)(H,63,64)(H4,41,42,45)(H4,43,44,46)(H2,65,66,67)/t18-,19-,20-,21-,22-,23-,25-,26-/m0/s1. The van der Waals surface area contributed by atoms with E-state index < -0.39 is 146 Å². The number of carboxylic acids is 2. The molecular weight excluding hydrogens is 933 g/mol. The zero-order chi connectivity index (χ0) is 52.9. The van der Waals surface area contributed by atoms with E-state index in [-0.39, 0.29) is 50.7 Å². The highest BCUT2D eigenvalue weighted by atomic mass is 31.2. The van der Waals surface area contributed by atoms with E-state index in [9.17, 15) is 71.4 Å². The smallest absolute Gasteiger partial charge is 0.394 e. The van der Waals surface area contributed by atoms with E-state index in [1.54, 1.807) is 0 Å². The second kappa shape index (κ2) is 28.8. The van der Waals surface area contributed by atoms with Gasteiger partial charge in [0.05, 0.1) is 12.5 Å². The van der Waals surface area contributed by atoms with E-state index in [2.05, 4.69) is 41.9 Å². The van der Waals surface area contributed by atoms with Crippen LogP contribution in [-0.2, 0) is 47.7 Å². The van der Waals surface area contributed by atoms with Crippen molar-refractivity contribution in [3.8, 4) is 0 Å². The summed E-state index contributed by atoms with van der Waals surface area (Å²) in [6.45, 7) is 7.99. The predicted molar refractivity (Wildman–Crippen MR) is 238 cm³/mol. The summed E-state index contributed by atoms with van der Waals surface area (Å²) in [5, 5.41) is 33.6. The first-order valence-corrected chi connectivity index (χ1v) is 22.7. The molecule has 0 rings (SSSR count). The van der Waals surface area contributed by atoms with Gasteiger partial charge >= 0.3 is 25.2 Å². The van der Waals surface area contributed by atoms with Gasteiger partial charge in [0.1, 0.15) is 42.3 Å². The summed E-state index contributed by atoms with van der Waals surface area (Å²) in [5.41, 5.74) is 22.4. The third-order valence-corrected chi connectivity index (χ3v) is 10.7. The molecule has 0 saturated heterocycles. The molecule has 0 heterocycles. The molecular formula is C37H67F2N14O14P. The molecule has 0 fully saturated rings. The van der Waals surface area contributed by atoms with Crippen molar-refractivity contribution in [3.05, 3.63) is 0 Å². The van der Waals surface area contributed by atoms with Gasteiger partial charge in [-0.25, -0.2) is 4.79 Å². The molecule has 68 heavy (non-hydrogen) atoms. The molecule has 0 spiro atoms. The van der Waals surface area contributed by atoms with Crippen molar-refractivity contribution in [3.63, 3.8) is 0 Å². The Morgan fingerprint density at radius 1 is 0.559 bits per heavy atom. The molecule has 0 saturated carbocycles. The number of nitrogens with one attached hydrogen (secondary N) is 7. The number of nitrogens with zero attached hydrogens (tertiary/aromatic N) is 2. The highest BCUT2D eigenvalue weighted by Gasteiger charge is 2.52. The topological polar surface area (TPSA) is 491 Å². The number of nitrogens with two attached hydrogens (primary N) is 5. The summed E-state index contributed by atoms with van der Waals surface area (Å²) >= 11 is 0. The number of alkyl halides is 2. The number of carboxylic acid groups (broad SMARTS) is 2. The van der Waals surface area contributed by atoms with Crippen LogP contribution in [0.4, 0.5) is 8.78 Å². The number of halogens is 2. The number of guanidine groups is 2. The van der Waals surface area contributed by atoms with Gasteiger partial charge in [0.2, 0.25) is 41.4 Å². The minimum atomic E-state index is -6.31. The predicted octanol–water partition coefficient (Wildman–Crippen LogP) is -4.72. The van der Waals surface area contributed by atoms with Crippen LogP contribution in [0.15, 0.2) is 9.98 Å². The maximum atomic E-state index is 15.0. The Labute approximate surface area is 390 Å². The number of carbonyl (C=O) groups excluding carboxylic acids is 7. The lowest BCUT2D eigenvalue weighted by Crippen LogP contribution is -2.61. The molecule has 7 amide bonds.